The SMILES string of the molecule is CC(=O)n1ncc2cc(Cl)c([N+](=O)[O-])cc21. The first-order valence-corrected chi connectivity index (χ1v) is 4.71. The Kier molecular flexibility index (Phi) is 2.35. The first-order chi connectivity index (χ1) is 7.50. The van der Waals surface area contributed by atoms with Crippen molar-refractivity contribution in [3.8, 4) is 0 Å². The van der Waals surface area contributed by atoms with E-state index in [1.807, 2.05) is 0 Å². The van der Waals surface area contributed by atoms with Crippen molar-refractivity contribution in [1.29, 1.82) is 0 Å². The summed E-state index contributed by atoms with van der Waals surface area (Å²) in [6.07, 6.45) is 1.44. The summed E-state index contributed by atoms with van der Waals surface area (Å²) in [6, 6.07) is 2.66. The zero-order valence-electron chi connectivity index (χ0n) is 8.18. The lowest BCUT2D eigenvalue weighted by Crippen LogP contribution is -2.06. The van der Waals surface area contributed by atoms with E-state index in [1.165, 1.54) is 25.3 Å². The minimum atomic E-state index is -0.598. The third-order valence-electron chi connectivity index (χ3n) is 2.13. The van der Waals surface area contributed by atoms with Crippen molar-refractivity contribution in [2.45, 2.75) is 6.92 Å². The number of hydrogen-bond acceptors (Lipinski definition) is 4. The molecule has 7 heteroatoms. The molecule has 0 N–H and O–H groups in total. The van der Waals surface area contributed by atoms with E-state index in [0.717, 1.165) is 4.68 Å². The lowest BCUT2D eigenvalue weighted by atomic mass is 10.2. The van der Waals surface area contributed by atoms with Crippen molar-refractivity contribution in [1.82, 2.24) is 9.78 Å². The lowest BCUT2D eigenvalue weighted by Gasteiger charge is -1.98. The van der Waals surface area contributed by atoms with E-state index in [4.69, 9.17) is 11.6 Å². The summed E-state index contributed by atoms with van der Waals surface area (Å²) in [6.45, 7) is 1.33. The van der Waals surface area contributed by atoms with Crippen LogP contribution in [0.25, 0.3) is 10.9 Å². The van der Waals surface area contributed by atoms with Gasteiger partial charge in [-0.25, -0.2) is 4.68 Å². The van der Waals surface area contributed by atoms with Crippen molar-refractivity contribution in [2.24, 2.45) is 0 Å². The quantitative estimate of drug-likeness (QED) is 0.565. The Bertz CT molecular complexity index is 605. The van der Waals surface area contributed by atoms with Gasteiger partial charge in [-0.2, -0.15) is 5.10 Å². The summed E-state index contributed by atoms with van der Waals surface area (Å²) in [5, 5.41) is 15.1. The maximum absolute atomic E-state index is 11.2. The van der Waals surface area contributed by atoms with Gasteiger partial charge in [0.15, 0.2) is 0 Å². The smallest absolute Gasteiger partial charge is 0.273 e. The van der Waals surface area contributed by atoms with E-state index in [2.05, 4.69) is 5.10 Å². The zero-order valence-corrected chi connectivity index (χ0v) is 8.93. The third-order valence-corrected chi connectivity index (χ3v) is 2.43. The van der Waals surface area contributed by atoms with Crippen LogP contribution in [0.3, 0.4) is 0 Å². The van der Waals surface area contributed by atoms with Crippen molar-refractivity contribution in [3.63, 3.8) is 0 Å². The molecule has 0 aliphatic carbocycles. The van der Waals surface area contributed by atoms with E-state index >= 15 is 0 Å². The highest BCUT2D eigenvalue weighted by Crippen LogP contribution is 2.29. The lowest BCUT2D eigenvalue weighted by molar-refractivity contribution is -0.384. The van der Waals surface area contributed by atoms with Gasteiger partial charge in [0.05, 0.1) is 16.6 Å². The van der Waals surface area contributed by atoms with E-state index < -0.39 is 4.92 Å². The number of benzene rings is 1. The highest BCUT2D eigenvalue weighted by Gasteiger charge is 2.16. The van der Waals surface area contributed by atoms with Crippen LogP contribution in [0.4, 0.5) is 5.69 Å². The second-order valence-electron chi connectivity index (χ2n) is 3.19. The first kappa shape index (κ1) is 10.6. The zero-order chi connectivity index (χ0) is 11.9. The third kappa shape index (κ3) is 1.53. The number of rotatable bonds is 1. The molecular weight excluding hydrogens is 234 g/mol. The Morgan fingerprint density at radius 1 is 1.56 bits per heavy atom. The largest absolute Gasteiger partial charge is 0.290 e. The molecule has 0 aliphatic heterocycles. The molecule has 0 fully saturated rings. The van der Waals surface area contributed by atoms with E-state index in [9.17, 15) is 14.9 Å². The van der Waals surface area contributed by atoms with Crippen LogP contribution in [-0.2, 0) is 0 Å². The van der Waals surface area contributed by atoms with Crippen molar-refractivity contribution >= 4 is 34.1 Å². The van der Waals surface area contributed by atoms with Crippen molar-refractivity contribution in [3.05, 3.63) is 33.5 Å². The summed E-state index contributed by atoms with van der Waals surface area (Å²) in [7, 11) is 0. The number of nitrogens with zero attached hydrogens (tertiary/aromatic N) is 3. The van der Waals surface area contributed by atoms with Crippen LogP contribution in [0.1, 0.15) is 11.7 Å². The van der Waals surface area contributed by atoms with Gasteiger partial charge in [0.1, 0.15) is 5.02 Å². The molecule has 0 bridgehead atoms. The summed E-state index contributed by atoms with van der Waals surface area (Å²) < 4.78 is 1.10. The second-order valence-corrected chi connectivity index (χ2v) is 3.60. The van der Waals surface area contributed by atoms with Gasteiger partial charge in [0.2, 0.25) is 5.91 Å². The average molecular weight is 240 g/mol. The van der Waals surface area contributed by atoms with E-state index in [-0.39, 0.29) is 16.6 Å². The van der Waals surface area contributed by atoms with Gasteiger partial charge in [0.25, 0.3) is 5.69 Å². The van der Waals surface area contributed by atoms with Crippen LogP contribution in [0, 0.1) is 10.1 Å². The Morgan fingerprint density at radius 3 is 2.81 bits per heavy atom. The van der Waals surface area contributed by atoms with Gasteiger partial charge in [-0.05, 0) is 6.07 Å². The maximum Gasteiger partial charge on any atom is 0.290 e. The molecule has 2 rings (SSSR count). The number of fused-ring (bicyclic) bond motifs is 1. The van der Waals surface area contributed by atoms with Crippen molar-refractivity contribution in [2.75, 3.05) is 0 Å². The number of carbonyl (C=O) groups excluding carboxylic acids is 1. The summed E-state index contributed by atoms with van der Waals surface area (Å²) in [5.41, 5.74) is 0.140. The molecule has 0 spiro atoms. The number of nitro groups is 1. The molecule has 0 aliphatic rings. The molecule has 0 atom stereocenters. The molecule has 0 unspecified atom stereocenters. The highest BCUT2D eigenvalue weighted by atomic mass is 35.5. The van der Waals surface area contributed by atoms with E-state index in [0.29, 0.717) is 10.9 Å². The standard InChI is InChI=1S/C9H6ClN3O3/c1-5(14)12-8-3-9(13(15)16)7(10)2-6(8)4-11-12/h2-4H,1H3. The average Bonchev–Trinajstić information content (AvgIpc) is 2.58. The fourth-order valence-corrected chi connectivity index (χ4v) is 1.67. The highest BCUT2D eigenvalue weighted by molar-refractivity contribution is 6.33. The van der Waals surface area contributed by atoms with Crippen LogP contribution in [0.5, 0.6) is 0 Å². The molecular formula is C9H6ClN3O3. The number of aromatic nitrogens is 2. The molecule has 0 radical (unpaired) electrons. The van der Waals surface area contributed by atoms with Crippen molar-refractivity contribution < 1.29 is 9.72 Å². The summed E-state index contributed by atoms with van der Waals surface area (Å²) in [4.78, 5) is 21.3. The van der Waals surface area contributed by atoms with Gasteiger partial charge < -0.3 is 0 Å². The maximum atomic E-state index is 11.2. The monoisotopic (exact) mass is 239 g/mol. The Balaban J connectivity index is 2.79. The van der Waals surface area contributed by atoms with Gasteiger partial charge >= 0.3 is 0 Å². The molecule has 1 heterocycles. The number of carbonyl (C=O) groups is 1. The van der Waals surface area contributed by atoms with Crippen LogP contribution >= 0.6 is 11.6 Å². The molecule has 16 heavy (non-hydrogen) atoms. The Morgan fingerprint density at radius 2 is 2.25 bits per heavy atom. The predicted octanol–water partition coefficient (Wildman–Crippen LogP) is 2.26. The molecule has 2 aromatic rings. The van der Waals surface area contributed by atoms with Gasteiger partial charge in [-0.15, -0.1) is 0 Å². The summed E-state index contributed by atoms with van der Waals surface area (Å²) >= 11 is 5.72. The molecule has 0 saturated carbocycles. The van der Waals surface area contributed by atoms with Crippen LogP contribution < -0.4 is 0 Å². The minimum absolute atomic E-state index is 0.0283. The van der Waals surface area contributed by atoms with Crippen LogP contribution in [0.2, 0.25) is 5.02 Å². The molecule has 82 valence electrons. The molecule has 6 nitrogen and oxygen atoms in total. The van der Waals surface area contributed by atoms with E-state index in [1.54, 1.807) is 0 Å². The minimum Gasteiger partial charge on any atom is -0.273 e. The van der Waals surface area contributed by atoms with Crippen LogP contribution in [0.15, 0.2) is 18.3 Å². The number of nitro benzene ring substituents is 1. The fraction of sp³-hybridized carbons (Fsp3) is 0.111. The van der Waals surface area contributed by atoms with Crippen LogP contribution in [-0.4, -0.2) is 20.6 Å². The Hall–Kier alpha value is -1.95. The summed E-state index contributed by atoms with van der Waals surface area (Å²) in [5.74, 6) is -0.313. The predicted molar refractivity (Wildman–Crippen MR) is 57.7 cm³/mol. The van der Waals surface area contributed by atoms with Gasteiger partial charge in [0, 0.05) is 18.4 Å². The first-order valence-electron chi connectivity index (χ1n) is 4.33. The second kappa shape index (κ2) is 3.57. The topological polar surface area (TPSA) is 78.0 Å². The van der Waals surface area contributed by atoms with Gasteiger partial charge in [-0.3, -0.25) is 14.9 Å². The molecule has 1 aromatic heterocycles. The Labute approximate surface area is 94.6 Å². The number of halogens is 1. The molecule has 0 saturated heterocycles. The van der Waals surface area contributed by atoms with Gasteiger partial charge in [-0.1, -0.05) is 11.6 Å². The fourth-order valence-electron chi connectivity index (χ4n) is 1.43. The normalized spacial score (nSPS) is 10.6. The number of hydrogen-bond donors (Lipinski definition) is 0. The molecule has 0 amide bonds. The molecule has 1 aromatic carbocycles.